The Hall–Kier alpha value is -1.56. The van der Waals surface area contributed by atoms with Crippen molar-refractivity contribution in [3.63, 3.8) is 0 Å². The molecule has 4 N–H and O–H groups in total. The Balaban J connectivity index is 2.33. The molecule has 0 aromatic rings. The summed E-state index contributed by atoms with van der Waals surface area (Å²) in [5.41, 5.74) is 0. The van der Waals surface area contributed by atoms with Gasteiger partial charge in [-0.1, -0.05) is 161 Å². The van der Waals surface area contributed by atoms with E-state index in [-0.39, 0.29) is 32.0 Å². The van der Waals surface area contributed by atoms with Gasteiger partial charge in [-0.3, -0.25) is 9.59 Å². The van der Waals surface area contributed by atoms with E-state index in [1.54, 1.807) is 0 Å². The number of esters is 2. The Morgan fingerprint density at radius 3 is 1.49 bits per heavy atom. The van der Waals surface area contributed by atoms with Gasteiger partial charge in [0.2, 0.25) is 0 Å². The molecule has 0 aromatic heterocycles. The van der Waals surface area contributed by atoms with Crippen LogP contribution in [0.15, 0.2) is 12.7 Å². The molecule has 6 atom stereocenters. The van der Waals surface area contributed by atoms with E-state index in [0.29, 0.717) is 6.42 Å². The normalized spacial score (nSPS) is 20.7. The second-order valence-corrected chi connectivity index (χ2v) is 15.2. The van der Waals surface area contributed by atoms with Crippen molar-refractivity contribution < 1.29 is 49.0 Å². The van der Waals surface area contributed by atoms with Crippen LogP contribution in [-0.4, -0.2) is 89.0 Å². The van der Waals surface area contributed by atoms with Crippen LogP contribution in [0.2, 0.25) is 0 Å². The van der Waals surface area contributed by atoms with Crippen molar-refractivity contribution in [2.45, 2.75) is 230 Å². The van der Waals surface area contributed by atoms with Gasteiger partial charge < -0.3 is 39.4 Å². The second-order valence-electron chi connectivity index (χ2n) is 15.2. The third-order valence-corrected chi connectivity index (χ3v) is 10.3. The van der Waals surface area contributed by atoms with Gasteiger partial charge in [0.1, 0.15) is 31.0 Å². The van der Waals surface area contributed by atoms with Crippen molar-refractivity contribution >= 4 is 11.9 Å². The topological polar surface area (TPSA) is 152 Å². The Morgan fingerprint density at radius 1 is 0.604 bits per heavy atom. The van der Waals surface area contributed by atoms with Gasteiger partial charge in [0.25, 0.3) is 0 Å². The van der Waals surface area contributed by atoms with Gasteiger partial charge in [0.15, 0.2) is 12.4 Å². The molecular weight excluding hydrogens is 676 g/mol. The Bertz CT molecular complexity index is 868. The first-order chi connectivity index (χ1) is 25.8. The fraction of sp³-hybridized carbons (Fsp3) is 0.907. The third-order valence-electron chi connectivity index (χ3n) is 10.3. The van der Waals surface area contributed by atoms with E-state index in [9.17, 15) is 30.0 Å². The van der Waals surface area contributed by atoms with Gasteiger partial charge in [-0.05, 0) is 25.7 Å². The maximum Gasteiger partial charge on any atom is 0.306 e. The van der Waals surface area contributed by atoms with Crippen LogP contribution < -0.4 is 0 Å². The van der Waals surface area contributed by atoms with Crippen LogP contribution in [0.1, 0.15) is 193 Å². The lowest BCUT2D eigenvalue weighted by Crippen LogP contribution is -2.59. The van der Waals surface area contributed by atoms with Crippen LogP contribution >= 0.6 is 0 Å². The highest BCUT2D eigenvalue weighted by atomic mass is 16.7. The quantitative estimate of drug-likeness (QED) is 0.0275. The van der Waals surface area contributed by atoms with E-state index in [1.807, 2.05) is 6.08 Å². The molecule has 0 bridgehead atoms. The molecule has 1 aliphatic rings. The summed E-state index contributed by atoms with van der Waals surface area (Å²) >= 11 is 0. The fourth-order valence-corrected chi connectivity index (χ4v) is 6.82. The van der Waals surface area contributed by atoms with Gasteiger partial charge in [-0.25, -0.2) is 0 Å². The zero-order chi connectivity index (χ0) is 38.8. The van der Waals surface area contributed by atoms with Crippen LogP contribution in [-0.2, 0) is 28.5 Å². The molecule has 1 aliphatic heterocycles. The van der Waals surface area contributed by atoms with Crippen LogP contribution in [0.25, 0.3) is 0 Å². The number of unbranched alkanes of at least 4 members (excludes halogenated alkanes) is 25. The minimum atomic E-state index is -1.59. The SMILES string of the molecule is C=CCCCCCCCCCCCCCCCC(=O)O[C@H](COC(=O)CCCCCCCCCCCCCCC)CO[C@@H]1O[C@H](CO)[C@H](O)C(O)C1O. The molecule has 10 heteroatoms. The van der Waals surface area contributed by atoms with E-state index in [1.165, 1.54) is 122 Å². The van der Waals surface area contributed by atoms with Crippen molar-refractivity contribution in [1.29, 1.82) is 0 Å². The number of aliphatic hydroxyl groups excluding tert-OH is 4. The van der Waals surface area contributed by atoms with Crippen molar-refractivity contribution in [3.8, 4) is 0 Å². The van der Waals surface area contributed by atoms with E-state index in [4.69, 9.17) is 18.9 Å². The summed E-state index contributed by atoms with van der Waals surface area (Å²) in [4.78, 5) is 25.3. The van der Waals surface area contributed by atoms with Crippen molar-refractivity contribution in [2.24, 2.45) is 0 Å². The van der Waals surface area contributed by atoms with E-state index < -0.39 is 49.4 Å². The zero-order valence-electron chi connectivity index (χ0n) is 33.6. The molecule has 1 fully saturated rings. The Morgan fingerprint density at radius 2 is 1.04 bits per heavy atom. The molecule has 0 radical (unpaired) electrons. The molecule has 0 spiro atoms. The smallest absolute Gasteiger partial charge is 0.306 e. The van der Waals surface area contributed by atoms with E-state index in [0.717, 1.165) is 44.9 Å². The average molecular weight is 757 g/mol. The van der Waals surface area contributed by atoms with Crippen molar-refractivity contribution in [3.05, 3.63) is 12.7 Å². The number of allylic oxidation sites excluding steroid dienone is 1. The summed E-state index contributed by atoms with van der Waals surface area (Å²) in [5.74, 6) is -0.800. The molecule has 0 aromatic carbocycles. The highest BCUT2D eigenvalue weighted by Gasteiger charge is 2.44. The average Bonchev–Trinajstić information content (AvgIpc) is 3.15. The number of rotatable bonds is 37. The predicted octanol–water partition coefficient (Wildman–Crippen LogP) is 8.78. The first-order valence-corrected chi connectivity index (χ1v) is 21.7. The molecule has 2 unspecified atom stereocenters. The lowest BCUT2D eigenvalue weighted by molar-refractivity contribution is -0.305. The molecule has 0 saturated carbocycles. The lowest BCUT2D eigenvalue weighted by Gasteiger charge is -2.39. The summed E-state index contributed by atoms with van der Waals surface area (Å²) in [6, 6.07) is 0. The maximum absolute atomic E-state index is 12.7. The van der Waals surface area contributed by atoms with Gasteiger partial charge in [0.05, 0.1) is 13.2 Å². The predicted molar refractivity (Wildman–Crippen MR) is 210 cm³/mol. The van der Waals surface area contributed by atoms with Crippen LogP contribution in [0.4, 0.5) is 0 Å². The highest BCUT2D eigenvalue weighted by Crippen LogP contribution is 2.23. The summed E-state index contributed by atoms with van der Waals surface area (Å²) in [6.45, 7) is 4.95. The molecule has 1 rings (SSSR count). The monoisotopic (exact) mass is 757 g/mol. The molecular formula is C43H80O10. The van der Waals surface area contributed by atoms with Crippen LogP contribution in [0.5, 0.6) is 0 Å². The standard InChI is InChI=1S/C43H80O10/c1-3-5-7-9-11-13-15-17-18-20-22-24-26-28-30-32-39(46)52-36(35-51-43-42(49)41(48)40(47)37(33-44)53-43)34-50-38(45)31-29-27-25-23-21-19-16-14-12-10-8-6-4-2/h3,36-37,40-44,47-49H,1,4-35H2,2H3/t36-,37-,40+,41?,42?,43-/m1/s1. The number of hydrogen-bond acceptors (Lipinski definition) is 10. The molecule has 1 saturated heterocycles. The number of hydrogen-bond donors (Lipinski definition) is 4. The molecule has 10 nitrogen and oxygen atoms in total. The van der Waals surface area contributed by atoms with Crippen LogP contribution in [0, 0.1) is 0 Å². The minimum absolute atomic E-state index is 0.213. The highest BCUT2D eigenvalue weighted by molar-refractivity contribution is 5.70. The number of ether oxygens (including phenoxy) is 4. The first kappa shape index (κ1) is 49.5. The largest absolute Gasteiger partial charge is 0.462 e. The van der Waals surface area contributed by atoms with E-state index in [2.05, 4.69) is 13.5 Å². The maximum atomic E-state index is 12.7. The summed E-state index contributed by atoms with van der Waals surface area (Å²) < 4.78 is 22.1. The van der Waals surface area contributed by atoms with Crippen molar-refractivity contribution in [2.75, 3.05) is 19.8 Å². The van der Waals surface area contributed by atoms with Gasteiger partial charge in [0, 0.05) is 12.8 Å². The Kier molecular flexibility index (Phi) is 32.6. The summed E-state index contributed by atoms with van der Waals surface area (Å²) in [7, 11) is 0. The number of carbonyl (C=O) groups is 2. The molecule has 1 heterocycles. The number of aliphatic hydroxyl groups is 4. The first-order valence-electron chi connectivity index (χ1n) is 21.7. The molecule has 0 amide bonds. The second kappa shape index (κ2) is 34.9. The minimum Gasteiger partial charge on any atom is -0.462 e. The third kappa shape index (κ3) is 26.8. The summed E-state index contributed by atoms with van der Waals surface area (Å²) in [5, 5.41) is 40.0. The Labute approximate surface area is 322 Å². The van der Waals surface area contributed by atoms with Crippen molar-refractivity contribution in [1.82, 2.24) is 0 Å². The number of carbonyl (C=O) groups excluding carboxylic acids is 2. The lowest BCUT2D eigenvalue weighted by atomic mass is 9.99. The zero-order valence-corrected chi connectivity index (χ0v) is 33.6. The van der Waals surface area contributed by atoms with Gasteiger partial charge in [-0.15, -0.1) is 6.58 Å². The van der Waals surface area contributed by atoms with Crippen LogP contribution in [0.3, 0.4) is 0 Å². The van der Waals surface area contributed by atoms with Gasteiger partial charge in [-0.2, -0.15) is 0 Å². The van der Waals surface area contributed by atoms with E-state index >= 15 is 0 Å². The molecule has 312 valence electrons. The van der Waals surface area contributed by atoms with Gasteiger partial charge >= 0.3 is 11.9 Å². The molecule has 53 heavy (non-hydrogen) atoms. The fourth-order valence-electron chi connectivity index (χ4n) is 6.82. The summed E-state index contributed by atoms with van der Waals surface area (Å²) in [6.07, 6.45) is 26.8. The molecule has 0 aliphatic carbocycles.